The van der Waals surface area contributed by atoms with Gasteiger partial charge in [-0.05, 0) is 19.1 Å². The van der Waals surface area contributed by atoms with Crippen molar-refractivity contribution in [1.82, 2.24) is 14.5 Å². The van der Waals surface area contributed by atoms with Crippen molar-refractivity contribution in [2.24, 2.45) is 5.73 Å². The van der Waals surface area contributed by atoms with Gasteiger partial charge in [0.05, 0.1) is 30.1 Å². The summed E-state index contributed by atoms with van der Waals surface area (Å²) in [6.45, 7) is 1.93. The Balaban J connectivity index is 2.47. The summed E-state index contributed by atoms with van der Waals surface area (Å²) in [7, 11) is 0. The van der Waals surface area contributed by atoms with Crippen LogP contribution in [0.15, 0.2) is 37.1 Å². The maximum atomic E-state index is 5.82. The van der Waals surface area contributed by atoms with Gasteiger partial charge in [-0.3, -0.25) is 4.98 Å². The highest BCUT2D eigenvalue weighted by atomic mass is 15.1. The Morgan fingerprint density at radius 2 is 2.21 bits per heavy atom. The second-order valence-corrected chi connectivity index (χ2v) is 3.19. The zero-order valence-corrected chi connectivity index (χ0v) is 7.96. The Morgan fingerprint density at radius 3 is 2.86 bits per heavy atom. The molecule has 0 aromatic carbocycles. The van der Waals surface area contributed by atoms with E-state index in [0.29, 0.717) is 0 Å². The minimum Gasteiger partial charge on any atom is -0.323 e. The average molecular weight is 188 g/mol. The number of pyridine rings is 1. The van der Waals surface area contributed by atoms with Gasteiger partial charge in [-0.2, -0.15) is 0 Å². The summed E-state index contributed by atoms with van der Waals surface area (Å²) in [5.74, 6) is 0. The third-order valence-electron chi connectivity index (χ3n) is 2.06. The lowest BCUT2D eigenvalue weighted by molar-refractivity contribution is 0.751. The smallest absolute Gasteiger partial charge is 0.0995 e. The first-order valence-electron chi connectivity index (χ1n) is 4.47. The lowest BCUT2D eigenvalue weighted by Crippen LogP contribution is -2.10. The van der Waals surface area contributed by atoms with Crippen LogP contribution in [0.25, 0.3) is 5.69 Å². The molecule has 2 aromatic heterocycles. The maximum absolute atomic E-state index is 5.82. The number of hydrogen-bond donors (Lipinski definition) is 1. The van der Waals surface area contributed by atoms with Crippen LogP contribution in [0.4, 0.5) is 0 Å². The van der Waals surface area contributed by atoms with Crippen molar-refractivity contribution in [2.45, 2.75) is 13.0 Å². The summed E-state index contributed by atoms with van der Waals surface area (Å²) in [6, 6.07) is 3.83. The lowest BCUT2D eigenvalue weighted by atomic mass is 10.2. The van der Waals surface area contributed by atoms with Crippen LogP contribution in [0.2, 0.25) is 0 Å². The highest BCUT2D eigenvalue weighted by Crippen LogP contribution is 2.14. The van der Waals surface area contributed by atoms with E-state index >= 15 is 0 Å². The van der Waals surface area contributed by atoms with Crippen LogP contribution in [0, 0.1) is 0 Å². The predicted octanol–water partition coefficient (Wildman–Crippen LogP) is 1.29. The molecule has 0 radical (unpaired) electrons. The van der Waals surface area contributed by atoms with E-state index < -0.39 is 0 Å². The zero-order chi connectivity index (χ0) is 9.97. The van der Waals surface area contributed by atoms with Gasteiger partial charge in [0.15, 0.2) is 0 Å². The minimum absolute atomic E-state index is 0.0299. The Bertz CT molecular complexity index is 405. The molecule has 2 N–H and O–H groups in total. The van der Waals surface area contributed by atoms with Crippen LogP contribution in [0.1, 0.15) is 18.7 Å². The van der Waals surface area contributed by atoms with Gasteiger partial charge >= 0.3 is 0 Å². The monoisotopic (exact) mass is 188 g/mol. The summed E-state index contributed by atoms with van der Waals surface area (Å²) in [4.78, 5) is 8.13. The van der Waals surface area contributed by atoms with Gasteiger partial charge in [-0.15, -0.1) is 0 Å². The molecule has 2 heterocycles. The summed E-state index contributed by atoms with van der Waals surface area (Å²) in [5.41, 5.74) is 7.78. The van der Waals surface area contributed by atoms with E-state index in [9.17, 15) is 0 Å². The van der Waals surface area contributed by atoms with Crippen LogP contribution < -0.4 is 5.73 Å². The molecule has 2 rings (SSSR count). The molecule has 2 aromatic rings. The third kappa shape index (κ3) is 1.52. The van der Waals surface area contributed by atoms with E-state index in [1.165, 1.54) is 0 Å². The van der Waals surface area contributed by atoms with Crippen molar-refractivity contribution in [2.75, 3.05) is 0 Å². The summed E-state index contributed by atoms with van der Waals surface area (Å²) in [6.07, 6.45) is 7.05. The fraction of sp³-hybridized carbons (Fsp3) is 0.200. The summed E-state index contributed by atoms with van der Waals surface area (Å²) >= 11 is 0. The van der Waals surface area contributed by atoms with Crippen LogP contribution in [-0.2, 0) is 0 Å². The second-order valence-electron chi connectivity index (χ2n) is 3.19. The van der Waals surface area contributed by atoms with E-state index in [1.807, 2.05) is 23.6 Å². The predicted molar refractivity (Wildman–Crippen MR) is 54.0 cm³/mol. The molecule has 4 nitrogen and oxygen atoms in total. The normalized spacial score (nSPS) is 12.7. The van der Waals surface area contributed by atoms with Crippen molar-refractivity contribution in [3.05, 3.63) is 42.7 Å². The van der Waals surface area contributed by atoms with Gasteiger partial charge in [0.2, 0.25) is 0 Å². The Kier molecular flexibility index (Phi) is 2.28. The van der Waals surface area contributed by atoms with Gasteiger partial charge in [-0.25, -0.2) is 4.98 Å². The Morgan fingerprint density at radius 1 is 1.36 bits per heavy atom. The molecular formula is C10H12N4. The molecule has 1 atom stereocenters. The SMILES string of the molecule is C[C@H](N)c1cncn1-c1cccnc1. The van der Waals surface area contributed by atoms with Gasteiger partial charge in [-0.1, -0.05) is 0 Å². The molecule has 0 aliphatic heterocycles. The molecule has 4 heteroatoms. The second kappa shape index (κ2) is 3.59. The molecule has 72 valence electrons. The number of aromatic nitrogens is 3. The van der Waals surface area contributed by atoms with Crippen LogP contribution >= 0.6 is 0 Å². The molecule has 0 saturated heterocycles. The molecule has 0 saturated carbocycles. The number of imidazole rings is 1. The molecule has 0 bridgehead atoms. The summed E-state index contributed by atoms with van der Waals surface area (Å²) in [5, 5.41) is 0. The van der Waals surface area contributed by atoms with Crippen LogP contribution in [0.5, 0.6) is 0 Å². The Hall–Kier alpha value is -1.68. The fourth-order valence-electron chi connectivity index (χ4n) is 1.35. The van der Waals surface area contributed by atoms with Crippen molar-refractivity contribution >= 4 is 0 Å². The molecule has 0 unspecified atom stereocenters. The lowest BCUT2D eigenvalue weighted by Gasteiger charge is -2.09. The summed E-state index contributed by atoms with van der Waals surface area (Å²) < 4.78 is 1.94. The molecule has 0 aliphatic carbocycles. The van der Waals surface area contributed by atoms with Crippen LogP contribution in [0.3, 0.4) is 0 Å². The van der Waals surface area contributed by atoms with Crippen molar-refractivity contribution < 1.29 is 0 Å². The number of hydrogen-bond acceptors (Lipinski definition) is 3. The fourth-order valence-corrected chi connectivity index (χ4v) is 1.35. The van der Waals surface area contributed by atoms with E-state index in [1.54, 1.807) is 24.9 Å². The first-order valence-corrected chi connectivity index (χ1v) is 4.47. The number of rotatable bonds is 2. The first-order chi connectivity index (χ1) is 6.79. The average Bonchev–Trinajstić information content (AvgIpc) is 2.67. The van der Waals surface area contributed by atoms with E-state index in [-0.39, 0.29) is 6.04 Å². The van der Waals surface area contributed by atoms with E-state index in [0.717, 1.165) is 11.4 Å². The third-order valence-corrected chi connectivity index (χ3v) is 2.06. The molecule has 0 amide bonds. The number of nitrogens with two attached hydrogens (primary N) is 1. The van der Waals surface area contributed by atoms with Crippen molar-refractivity contribution in [3.8, 4) is 5.69 Å². The quantitative estimate of drug-likeness (QED) is 0.772. The van der Waals surface area contributed by atoms with E-state index in [4.69, 9.17) is 5.73 Å². The highest BCUT2D eigenvalue weighted by molar-refractivity contribution is 5.30. The standard InChI is InChI=1S/C10H12N4/c1-8(11)10-6-13-7-14(10)9-3-2-4-12-5-9/h2-8H,11H2,1H3/t8-/m0/s1. The molecular weight excluding hydrogens is 176 g/mol. The maximum Gasteiger partial charge on any atom is 0.0995 e. The molecule has 0 aliphatic rings. The molecule has 14 heavy (non-hydrogen) atoms. The topological polar surface area (TPSA) is 56.7 Å². The van der Waals surface area contributed by atoms with Crippen molar-refractivity contribution in [3.63, 3.8) is 0 Å². The molecule has 0 fully saturated rings. The van der Waals surface area contributed by atoms with Gasteiger partial charge in [0, 0.05) is 12.2 Å². The minimum atomic E-state index is -0.0299. The van der Waals surface area contributed by atoms with E-state index in [2.05, 4.69) is 9.97 Å². The number of nitrogens with zero attached hydrogens (tertiary/aromatic N) is 3. The molecule has 0 spiro atoms. The van der Waals surface area contributed by atoms with Crippen molar-refractivity contribution in [1.29, 1.82) is 0 Å². The highest BCUT2D eigenvalue weighted by Gasteiger charge is 2.07. The first kappa shape index (κ1) is 8.90. The van der Waals surface area contributed by atoms with Crippen LogP contribution in [-0.4, -0.2) is 14.5 Å². The largest absolute Gasteiger partial charge is 0.323 e. The van der Waals surface area contributed by atoms with Gasteiger partial charge in [0.25, 0.3) is 0 Å². The van der Waals surface area contributed by atoms with Gasteiger partial charge < -0.3 is 10.3 Å². The Labute approximate surface area is 82.4 Å². The zero-order valence-electron chi connectivity index (χ0n) is 7.96. The van der Waals surface area contributed by atoms with Gasteiger partial charge in [0.1, 0.15) is 0 Å².